The van der Waals surface area contributed by atoms with E-state index in [2.05, 4.69) is 19.2 Å². The molecule has 3 aromatic rings. The lowest BCUT2D eigenvalue weighted by Crippen LogP contribution is -2.42. The second-order valence-electron chi connectivity index (χ2n) is 10.5. The number of amides is 1. The van der Waals surface area contributed by atoms with E-state index in [-0.39, 0.29) is 35.9 Å². The second-order valence-corrected chi connectivity index (χ2v) is 12.2. The molecule has 0 bridgehead atoms. The summed E-state index contributed by atoms with van der Waals surface area (Å²) in [6, 6.07) is 8.51. The van der Waals surface area contributed by atoms with Crippen LogP contribution >= 0.6 is 0 Å². The predicted molar refractivity (Wildman–Crippen MR) is 139 cm³/mol. The van der Waals surface area contributed by atoms with E-state index >= 15 is 0 Å². The zero-order valence-electron chi connectivity index (χ0n) is 21.5. The summed E-state index contributed by atoms with van der Waals surface area (Å²) in [5.41, 5.74) is 4.42. The number of nitrogens with one attached hydrogen (secondary N) is 1. The van der Waals surface area contributed by atoms with Gasteiger partial charge in [0.05, 0.1) is 16.5 Å². The van der Waals surface area contributed by atoms with Gasteiger partial charge in [-0.2, -0.15) is 0 Å². The van der Waals surface area contributed by atoms with Crippen molar-refractivity contribution in [3.8, 4) is 0 Å². The molecular formula is C28H34N2O4S. The molecule has 1 aromatic heterocycles. The van der Waals surface area contributed by atoms with E-state index in [1.807, 2.05) is 39.8 Å². The third kappa shape index (κ3) is 4.20. The first kappa shape index (κ1) is 25.2. The number of rotatable bonds is 6. The van der Waals surface area contributed by atoms with Crippen molar-refractivity contribution in [2.45, 2.75) is 83.6 Å². The monoisotopic (exact) mass is 494 g/mol. The molecule has 6 nitrogen and oxygen atoms in total. The number of benzene rings is 2. The maximum Gasteiger partial charge on any atom is 0.268 e. The molecule has 4 rings (SSSR count). The number of carbonyl (C=O) groups excluding carboxylic acids is 2. The first-order valence-corrected chi connectivity index (χ1v) is 13.7. The van der Waals surface area contributed by atoms with Gasteiger partial charge in [0.2, 0.25) is 5.91 Å². The molecule has 1 aliphatic rings. The Labute approximate surface area is 207 Å². The Morgan fingerprint density at radius 1 is 1.00 bits per heavy atom. The van der Waals surface area contributed by atoms with Crippen molar-refractivity contribution in [1.82, 2.24) is 9.29 Å². The van der Waals surface area contributed by atoms with Crippen LogP contribution < -0.4 is 5.32 Å². The van der Waals surface area contributed by atoms with Gasteiger partial charge in [-0.25, -0.2) is 12.4 Å². The van der Waals surface area contributed by atoms with Crippen molar-refractivity contribution in [1.29, 1.82) is 0 Å². The Balaban J connectivity index is 2.00. The first-order valence-electron chi connectivity index (χ1n) is 12.2. The Bertz CT molecular complexity index is 1420. The molecule has 1 amide bonds. The quantitative estimate of drug-likeness (QED) is 0.491. The smallest absolute Gasteiger partial charge is 0.268 e. The Morgan fingerprint density at radius 3 is 2.11 bits per heavy atom. The fourth-order valence-electron chi connectivity index (χ4n) is 5.04. The molecule has 0 saturated heterocycles. The number of carbonyl (C=O) groups is 2. The van der Waals surface area contributed by atoms with Gasteiger partial charge in [0, 0.05) is 30.5 Å². The largest absolute Gasteiger partial charge is 0.346 e. The summed E-state index contributed by atoms with van der Waals surface area (Å²) in [5, 5.41) is 3.36. The van der Waals surface area contributed by atoms with Crippen LogP contribution in [-0.4, -0.2) is 30.1 Å². The predicted octanol–water partition coefficient (Wildman–Crippen LogP) is 5.49. The summed E-state index contributed by atoms with van der Waals surface area (Å²) < 4.78 is 30.1. The van der Waals surface area contributed by atoms with Crippen LogP contribution in [0.3, 0.4) is 0 Å². The average molecular weight is 495 g/mol. The number of aromatic nitrogens is 1. The zero-order chi connectivity index (χ0) is 25.8. The molecule has 2 aromatic carbocycles. The number of nitrogens with zero attached hydrogens (tertiary/aromatic N) is 1. The van der Waals surface area contributed by atoms with Gasteiger partial charge in [0.25, 0.3) is 10.0 Å². The Hall–Kier alpha value is -2.93. The first-order chi connectivity index (χ1) is 16.3. The summed E-state index contributed by atoms with van der Waals surface area (Å²) >= 11 is 0. The lowest BCUT2D eigenvalue weighted by Gasteiger charge is -2.23. The van der Waals surface area contributed by atoms with Crippen LogP contribution in [0.5, 0.6) is 0 Å². The molecule has 35 heavy (non-hydrogen) atoms. The van der Waals surface area contributed by atoms with E-state index in [9.17, 15) is 18.0 Å². The molecule has 0 fully saturated rings. The molecule has 1 N–H and O–H groups in total. The average Bonchev–Trinajstić information content (AvgIpc) is 3.16. The minimum Gasteiger partial charge on any atom is -0.346 e. The maximum absolute atomic E-state index is 14.4. The van der Waals surface area contributed by atoms with Crippen LogP contribution in [0.15, 0.2) is 41.4 Å². The standard InChI is InChI=1S/C28H34N2O4S/c1-15(2)19-11-22(16(3)4)28(23(12-19)17(5)6)35(33,34)30-14-20-13-24(29-18(7)31)27(32)21-9-8-10-25(30)26(20)21/h8-12,14-17,24H,13H2,1-7H3,(H,29,31). The summed E-state index contributed by atoms with van der Waals surface area (Å²) in [6.45, 7) is 13.7. The molecule has 186 valence electrons. The van der Waals surface area contributed by atoms with Gasteiger partial charge >= 0.3 is 0 Å². The van der Waals surface area contributed by atoms with E-state index in [1.54, 1.807) is 24.4 Å². The van der Waals surface area contributed by atoms with Crippen molar-refractivity contribution in [3.05, 3.63) is 64.3 Å². The van der Waals surface area contributed by atoms with Gasteiger partial charge < -0.3 is 5.32 Å². The zero-order valence-corrected chi connectivity index (χ0v) is 22.3. The van der Waals surface area contributed by atoms with Gasteiger partial charge in [-0.3, -0.25) is 9.59 Å². The van der Waals surface area contributed by atoms with E-state index in [4.69, 9.17) is 0 Å². The van der Waals surface area contributed by atoms with E-state index < -0.39 is 16.1 Å². The third-order valence-corrected chi connectivity index (χ3v) is 8.66. The number of hydrogen-bond donors (Lipinski definition) is 1. The van der Waals surface area contributed by atoms with Gasteiger partial charge in [0.15, 0.2) is 5.78 Å². The SMILES string of the molecule is CC(=O)NC1Cc2cn(S(=O)(=O)c3c(C(C)C)cc(C(C)C)cc3C(C)C)c3cccc(c23)C1=O. The van der Waals surface area contributed by atoms with Crippen LogP contribution in [0.1, 0.15) is 98.8 Å². The molecule has 1 heterocycles. The summed E-state index contributed by atoms with van der Waals surface area (Å²) in [5.74, 6) is -0.197. The molecule has 0 spiro atoms. The van der Waals surface area contributed by atoms with E-state index in [1.165, 1.54) is 10.9 Å². The summed E-state index contributed by atoms with van der Waals surface area (Å²) in [6.07, 6.45) is 1.89. The van der Waals surface area contributed by atoms with Crippen LogP contribution in [0.25, 0.3) is 10.9 Å². The Morgan fingerprint density at radius 2 is 1.60 bits per heavy atom. The third-order valence-electron chi connectivity index (χ3n) is 6.85. The van der Waals surface area contributed by atoms with Crippen molar-refractivity contribution < 1.29 is 18.0 Å². The van der Waals surface area contributed by atoms with Crippen molar-refractivity contribution in [2.75, 3.05) is 0 Å². The molecule has 0 saturated carbocycles. The van der Waals surface area contributed by atoms with Crippen LogP contribution in [-0.2, 0) is 21.2 Å². The maximum atomic E-state index is 14.4. The van der Waals surface area contributed by atoms with Gasteiger partial charge in [0.1, 0.15) is 0 Å². The van der Waals surface area contributed by atoms with Gasteiger partial charge in [-0.15, -0.1) is 0 Å². The van der Waals surface area contributed by atoms with E-state index in [0.29, 0.717) is 21.4 Å². The fraction of sp³-hybridized carbons (Fsp3) is 0.429. The summed E-state index contributed by atoms with van der Waals surface area (Å²) in [7, 11) is -3.98. The number of ketones is 1. The number of hydrogen-bond acceptors (Lipinski definition) is 4. The normalized spacial score (nSPS) is 16.1. The molecule has 0 radical (unpaired) electrons. The highest BCUT2D eigenvalue weighted by molar-refractivity contribution is 7.90. The lowest BCUT2D eigenvalue weighted by atomic mass is 9.88. The van der Waals surface area contributed by atoms with Crippen LogP contribution in [0, 0.1) is 0 Å². The van der Waals surface area contributed by atoms with Crippen molar-refractivity contribution >= 4 is 32.6 Å². The molecular weight excluding hydrogens is 460 g/mol. The van der Waals surface area contributed by atoms with Crippen molar-refractivity contribution in [3.63, 3.8) is 0 Å². The highest BCUT2D eigenvalue weighted by Crippen LogP contribution is 2.39. The van der Waals surface area contributed by atoms with Crippen molar-refractivity contribution in [2.24, 2.45) is 0 Å². The van der Waals surface area contributed by atoms with Crippen LogP contribution in [0.2, 0.25) is 0 Å². The van der Waals surface area contributed by atoms with Gasteiger partial charge in [-0.1, -0.05) is 65.8 Å². The number of Topliss-reactive ketones (excluding diaryl/α,β-unsaturated/α-hetero) is 1. The minimum absolute atomic E-state index is 0.00856. The second kappa shape index (κ2) is 8.94. The molecule has 7 heteroatoms. The Kier molecular flexibility index (Phi) is 6.43. The lowest BCUT2D eigenvalue weighted by molar-refractivity contribution is -0.119. The fourth-order valence-corrected chi connectivity index (χ4v) is 7.10. The highest BCUT2D eigenvalue weighted by Gasteiger charge is 2.35. The molecule has 1 unspecified atom stereocenters. The highest BCUT2D eigenvalue weighted by atomic mass is 32.2. The topological polar surface area (TPSA) is 85.2 Å². The molecule has 1 atom stereocenters. The summed E-state index contributed by atoms with van der Waals surface area (Å²) in [4.78, 5) is 25.1. The minimum atomic E-state index is -3.98. The molecule has 1 aliphatic carbocycles. The van der Waals surface area contributed by atoms with Gasteiger partial charge in [-0.05, 0) is 46.1 Å². The van der Waals surface area contributed by atoms with E-state index in [0.717, 1.165) is 22.3 Å². The molecule has 0 aliphatic heterocycles. The van der Waals surface area contributed by atoms with Crippen LogP contribution in [0.4, 0.5) is 0 Å².